The summed E-state index contributed by atoms with van der Waals surface area (Å²) in [5, 5.41) is 9.20. The number of nitrogens with one attached hydrogen (secondary N) is 1. The maximum atomic E-state index is 13.4. The van der Waals surface area contributed by atoms with Crippen molar-refractivity contribution in [3.63, 3.8) is 0 Å². The van der Waals surface area contributed by atoms with Gasteiger partial charge in [0.15, 0.2) is 0 Å². The van der Waals surface area contributed by atoms with Gasteiger partial charge >= 0.3 is 5.97 Å². The Morgan fingerprint density at radius 1 is 1.24 bits per heavy atom. The van der Waals surface area contributed by atoms with E-state index in [1.165, 1.54) is 22.5 Å². The van der Waals surface area contributed by atoms with E-state index in [4.69, 9.17) is 5.11 Å². The lowest BCUT2D eigenvalue weighted by Gasteiger charge is -2.34. The van der Waals surface area contributed by atoms with Crippen LogP contribution in [0, 0.1) is 0 Å². The molecule has 1 saturated heterocycles. The van der Waals surface area contributed by atoms with Gasteiger partial charge in [-0.1, -0.05) is 12.5 Å². The highest BCUT2D eigenvalue weighted by molar-refractivity contribution is 7.89. The quantitative estimate of drug-likeness (QED) is 0.678. The summed E-state index contributed by atoms with van der Waals surface area (Å²) >= 11 is 0. The minimum Gasteiger partial charge on any atom is -0.477 e. The zero-order valence-corrected chi connectivity index (χ0v) is 16.2. The molecule has 0 aliphatic carbocycles. The zero-order chi connectivity index (χ0) is 20.6. The summed E-state index contributed by atoms with van der Waals surface area (Å²) in [5.41, 5.74) is 0.0491. The number of piperidine rings is 1. The van der Waals surface area contributed by atoms with Crippen molar-refractivity contribution in [2.45, 2.75) is 30.2 Å². The van der Waals surface area contributed by atoms with E-state index in [0.717, 1.165) is 24.6 Å². The van der Waals surface area contributed by atoms with Crippen LogP contribution in [0.4, 0.5) is 0 Å². The Morgan fingerprint density at radius 2 is 2.07 bits per heavy atom. The Labute approximate surface area is 166 Å². The van der Waals surface area contributed by atoms with Crippen LogP contribution >= 0.6 is 0 Å². The highest BCUT2D eigenvalue weighted by Crippen LogP contribution is 2.35. The van der Waals surface area contributed by atoms with Gasteiger partial charge in [0.2, 0.25) is 15.5 Å². The number of carbonyl (C=O) groups is 1. The summed E-state index contributed by atoms with van der Waals surface area (Å²) in [6, 6.07) is 7.47. The van der Waals surface area contributed by atoms with Gasteiger partial charge in [0.05, 0.1) is 10.9 Å². The van der Waals surface area contributed by atoms with Crippen molar-refractivity contribution >= 4 is 26.9 Å². The fourth-order valence-electron chi connectivity index (χ4n) is 3.75. The minimum atomic E-state index is -3.90. The van der Waals surface area contributed by atoms with Gasteiger partial charge in [0.25, 0.3) is 0 Å². The number of H-pyrrole nitrogens is 1. The average molecular weight is 413 g/mol. The molecule has 9 heteroatoms. The first-order chi connectivity index (χ1) is 13.9. The minimum absolute atomic E-state index is 0.0286. The first kappa shape index (κ1) is 19.3. The summed E-state index contributed by atoms with van der Waals surface area (Å²) in [4.78, 5) is 30.5. The van der Waals surface area contributed by atoms with Crippen LogP contribution < -0.4 is 5.43 Å². The molecule has 1 aliphatic rings. The number of aromatic amines is 1. The molecular formula is C20H19N3O5S. The Kier molecular flexibility index (Phi) is 4.93. The van der Waals surface area contributed by atoms with Crippen LogP contribution in [0.5, 0.6) is 0 Å². The van der Waals surface area contributed by atoms with E-state index < -0.39 is 27.0 Å². The van der Waals surface area contributed by atoms with Crippen LogP contribution in [0.3, 0.4) is 0 Å². The number of aromatic nitrogens is 2. The van der Waals surface area contributed by atoms with Gasteiger partial charge in [-0.25, -0.2) is 13.2 Å². The first-order valence-electron chi connectivity index (χ1n) is 9.20. The number of hydrogen-bond donors (Lipinski definition) is 2. The second-order valence-electron chi connectivity index (χ2n) is 6.96. The first-order valence-corrected chi connectivity index (χ1v) is 10.6. The second kappa shape index (κ2) is 7.41. The molecule has 29 heavy (non-hydrogen) atoms. The maximum absolute atomic E-state index is 13.4. The molecule has 4 rings (SSSR count). The number of aromatic carboxylic acids is 1. The van der Waals surface area contributed by atoms with Crippen molar-refractivity contribution < 1.29 is 18.3 Å². The number of carboxylic acids is 1. The second-order valence-corrected chi connectivity index (χ2v) is 8.85. The molecule has 1 atom stereocenters. The SMILES string of the molecule is O=C(O)c1c[nH]c2ccc(S(=O)(=O)N3CCCC[C@@H]3c3cccnc3)cc2c1=O. The fourth-order valence-corrected chi connectivity index (χ4v) is 5.46. The Morgan fingerprint density at radius 3 is 2.79 bits per heavy atom. The molecule has 8 nitrogen and oxygen atoms in total. The third-order valence-corrected chi connectivity index (χ3v) is 7.12. The van der Waals surface area contributed by atoms with Crippen LogP contribution in [0.1, 0.15) is 41.2 Å². The third kappa shape index (κ3) is 3.43. The average Bonchev–Trinajstić information content (AvgIpc) is 2.74. The van der Waals surface area contributed by atoms with Crippen LogP contribution in [0.2, 0.25) is 0 Å². The van der Waals surface area contributed by atoms with E-state index in [0.29, 0.717) is 18.5 Å². The molecule has 3 heterocycles. The van der Waals surface area contributed by atoms with E-state index in [9.17, 15) is 18.0 Å². The van der Waals surface area contributed by atoms with Gasteiger partial charge in [-0.05, 0) is 42.7 Å². The number of hydrogen-bond acceptors (Lipinski definition) is 5. The van der Waals surface area contributed by atoms with Crippen LogP contribution in [0.25, 0.3) is 10.9 Å². The summed E-state index contributed by atoms with van der Waals surface area (Å²) < 4.78 is 28.3. The van der Waals surface area contributed by atoms with Crippen molar-refractivity contribution in [2.24, 2.45) is 0 Å². The molecule has 0 unspecified atom stereocenters. The van der Waals surface area contributed by atoms with Crippen molar-refractivity contribution in [3.05, 3.63) is 70.3 Å². The molecule has 2 aromatic heterocycles. The monoisotopic (exact) mass is 413 g/mol. The Balaban J connectivity index is 1.81. The van der Waals surface area contributed by atoms with Crippen LogP contribution in [0.15, 0.2) is 58.6 Å². The van der Waals surface area contributed by atoms with Crippen molar-refractivity contribution in [3.8, 4) is 0 Å². The van der Waals surface area contributed by atoms with Gasteiger partial charge in [-0.3, -0.25) is 9.78 Å². The molecule has 1 fully saturated rings. The molecule has 0 bridgehead atoms. The molecule has 150 valence electrons. The van der Waals surface area contributed by atoms with E-state index in [-0.39, 0.29) is 16.3 Å². The van der Waals surface area contributed by atoms with Gasteiger partial charge in [-0.2, -0.15) is 4.31 Å². The number of nitrogens with zero attached hydrogens (tertiary/aromatic N) is 2. The third-order valence-electron chi connectivity index (χ3n) is 5.21. The molecular weight excluding hydrogens is 394 g/mol. The maximum Gasteiger partial charge on any atom is 0.341 e. The highest BCUT2D eigenvalue weighted by atomic mass is 32.2. The number of fused-ring (bicyclic) bond motifs is 1. The summed E-state index contributed by atoms with van der Waals surface area (Å²) in [5.74, 6) is -1.37. The molecule has 1 aromatic carbocycles. The molecule has 0 saturated carbocycles. The number of carboxylic acid groups (broad SMARTS) is 1. The molecule has 0 spiro atoms. The Bertz CT molecular complexity index is 1240. The standard InChI is InChI=1S/C20H19N3O5S/c24-19-15-10-14(6-7-17(15)22-12-16(19)20(25)26)29(27,28)23-9-2-1-5-18(23)13-4-3-8-21-11-13/h3-4,6-8,10-12,18H,1-2,5,9H2,(H,22,24)(H,25,26)/t18-/m1/s1. The largest absolute Gasteiger partial charge is 0.477 e. The number of sulfonamides is 1. The van der Waals surface area contributed by atoms with Crippen LogP contribution in [-0.4, -0.2) is 40.3 Å². The summed E-state index contributed by atoms with van der Waals surface area (Å²) in [6.07, 6.45) is 6.76. The predicted octanol–water partition coefficient (Wildman–Crippen LogP) is 2.54. The van der Waals surface area contributed by atoms with E-state index >= 15 is 0 Å². The normalized spacial score (nSPS) is 18.0. The van der Waals surface area contributed by atoms with E-state index in [2.05, 4.69) is 9.97 Å². The molecule has 1 aliphatic heterocycles. The van der Waals surface area contributed by atoms with Crippen LogP contribution in [-0.2, 0) is 10.0 Å². The smallest absolute Gasteiger partial charge is 0.341 e. The van der Waals surface area contributed by atoms with Gasteiger partial charge in [0, 0.05) is 36.0 Å². The number of rotatable bonds is 4. The van der Waals surface area contributed by atoms with Gasteiger partial charge in [0.1, 0.15) is 5.56 Å². The summed E-state index contributed by atoms with van der Waals surface area (Å²) in [6.45, 7) is 0.367. The van der Waals surface area contributed by atoms with E-state index in [1.54, 1.807) is 18.5 Å². The number of pyridine rings is 2. The van der Waals surface area contributed by atoms with Crippen molar-refractivity contribution in [1.29, 1.82) is 0 Å². The zero-order valence-electron chi connectivity index (χ0n) is 15.4. The predicted molar refractivity (Wildman–Crippen MR) is 106 cm³/mol. The van der Waals surface area contributed by atoms with Crippen molar-refractivity contribution in [1.82, 2.24) is 14.3 Å². The summed E-state index contributed by atoms with van der Waals surface area (Å²) in [7, 11) is -3.90. The van der Waals surface area contributed by atoms with Gasteiger partial charge in [-0.15, -0.1) is 0 Å². The van der Waals surface area contributed by atoms with Crippen molar-refractivity contribution in [2.75, 3.05) is 6.54 Å². The van der Waals surface area contributed by atoms with E-state index in [1.807, 2.05) is 6.07 Å². The lowest BCUT2D eigenvalue weighted by molar-refractivity contribution is 0.0695. The lowest BCUT2D eigenvalue weighted by atomic mass is 9.99. The number of benzene rings is 1. The van der Waals surface area contributed by atoms with Gasteiger partial charge < -0.3 is 10.1 Å². The molecule has 2 N–H and O–H groups in total. The molecule has 0 amide bonds. The highest BCUT2D eigenvalue weighted by Gasteiger charge is 2.34. The lowest BCUT2D eigenvalue weighted by Crippen LogP contribution is -2.38. The molecule has 3 aromatic rings. The molecule has 0 radical (unpaired) electrons. The fraction of sp³-hybridized carbons (Fsp3) is 0.250. The topological polar surface area (TPSA) is 120 Å². The Hall–Kier alpha value is -3.04.